The molecule has 2 amide bonds. The first-order chi connectivity index (χ1) is 14.8. The molecule has 0 saturated heterocycles. The van der Waals surface area contributed by atoms with Gasteiger partial charge in [0.25, 0.3) is 5.56 Å². The molecule has 0 aliphatic heterocycles. The van der Waals surface area contributed by atoms with Gasteiger partial charge in [0, 0.05) is 29.6 Å². The molecule has 162 valence electrons. The van der Waals surface area contributed by atoms with Crippen LogP contribution < -0.4 is 16.6 Å². The molecule has 0 atom stereocenters. The molecule has 31 heavy (non-hydrogen) atoms. The molecule has 1 aromatic heterocycles. The molecule has 0 aliphatic carbocycles. The SMILES string of the molecule is CC(C)Cn1c(CNC(=O)O)c(-c2ccccc2)c2cc(CCC(N)=O)ccc2c1=O. The molecule has 0 saturated carbocycles. The van der Waals surface area contributed by atoms with Crippen LogP contribution in [0.5, 0.6) is 0 Å². The van der Waals surface area contributed by atoms with Crippen molar-refractivity contribution in [3.63, 3.8) is 0 Å². The minimum Gasteiger partial charge on any atom is -0.465 e. The summed E-state index contributed by atoms with van der Waals surface area (Å²) in [4.78, 5) is 35.9. The number of amides is 2. The fourth-order valence-corrected chi connectivity index (χ4v) is 3.79. The van der Waals surface area contributed by atoms with Crippen LogP contribution >= 0.6 is 0 Å². The highest BCUT2D eigenvalue weighted by molar-refractivity contribution is 5.98. The summed E-state index contributed by atoms with van der Waals surface area (Å²) < 4.78 is 1.67. The molecule has 7 nitrogen and oxygen atoms in total. The maximum Gasteiger partial charge on any atom is 0.404 e. The van der Waals surface area contributed by atoms with E-state index in [0.29, 0.717) is 24.0 Å². The molecule has 0 aliphatic rings. The number of benzene rings is 2. The van der Waals surface area contributed by atoms with E-state index in [1.165, 1.54) is 0 Å². The Balaban J connectivity index is 2.35. The maximum atomic E-state index is 13.4. The topological polar surface area (TPSA) is 114 Å². The average molecular weight is 421 g/mol. The predicted octanol–water partition coefficient (Wildman–Crippen LogP) is 3.51. The van der Waals surface area contributed by atoms with Gasteiger partial charge in [0.1, 0.15) is 0 Å². The summed E-state index contributed by atoms with van der Waals surface area (Å²) in [7, 11) is 0. The van der Waals surface area contributed by atoms with Gasteiger partial charge in [-0.2, -0.15) is 0 Å². The van der Waals surface area contributed by atoms with Crippen LogP contribution in [0.1, 0.15) is 31.5 Å². The zero-order valence-corrected chi connectivity index (χ0v) is 17.7. The normalized spacial score (nSPS) is 11.1. The van der Waals surface area contributed by atoms with E-state index in [1.54, 1.807) is 10.6 Å². The summed E-state index contributed by atoms with van der Waals surface area (Å²) in [5.74, 6) is -0.195. The van der Waals surface area contributed by atoms with Gasteiger partial charge in [-0.25, -0.2) is 4.79 Å². The van der Waals surface area contributed by atoms with Crippen LogP contribution in [0.25, 0.3) is 21.9 Å². The Morgan fingerprint density at radius 2 is 1.81 bits per heavy atom. The monoisotopic (exact) mass is 421 g/mol. The third-order valence-electron chi connectivity index (χ3n) is 5.12. The largest absolute Gasteiger partial charge is 0.465 e. The van der Waals surface area contributed by atoms with Gasteiger partial charge in [-0.05, 0) is 34.9 Å². The minimum atomic E-state index is -1.15. The number of nitrogens with two attached hydrogens (primary N) is 1. The molecule has 7 heteroatoms. The summed E-state index contributed by atoms with van der Waals surface area (Å²) in [6, 6.07) is 15.1. The lowest BCUT2D eigenvalue weighted by atomic mass is 9.94. The van der Waals surface area contributed by atoms with E-state index >= 15 is 0 Å². The summed E-state index contributed by atoms with van der Waals surface area (Å²) in [6.45, 7) is 4.50. The zero-order valence-electron chi connectivity index (χ0n) is 17.7. The van der Waals surface area contributed by atoms with E-state index < -0.39 is 6.09 Å². The molecule has 0 unspecified atom stereocenters. The highest BCUT2D eigenvalue weighted by Crippen LogP contribution is 2.32. The van der Waals surface area contributed by atoms with Gasteiger partial charge in [-0.1, -0.05) is 56.3 Å². The van der Waals surface area contributed by atoms with E-state index in [2.05, 4.69) is 5.32 Å². The van der Waals surface area contributed by atoms with E-state index in [-0.39, 0.29) is 30.3 Å². The second-order valence-electron chi connectivity index (χ2n) is 8.00. The van der Waals surface area contributed by atoms with Crippen molar-refractivity contribution >= 4 is 22.8 Å². The molecule has 0 fully saturated rings. The standard InChI is InChI=1S/C24H27N3O4/c1-15(2)14-27-20(13-26-24(30)31)22(17-6-4-3-5-7-17)19-12-16(9-11-21(25)28)8-10-18(19)23(27)29/h3-8,10,12,15,26H,9,11,13-14H2,1-2H3,(H2,25,28)(H,30,31). The van der Waals surface area contributed by atoms with Crippen LogP contribution in [-0.2, 0) is 24.3 Å². The van der Waals surface area contributed by atoms with Crippen molar-refractivity contribution in [1.82, 2.24) is 9.88 Å². The lowest BCUT2D eigenvalue weighted by molar-refractivity contribution is -0.117. The Morgan fingerprint density at radius 3 is 2.42 bits per heavy atom. The van der Waals surface area contributed by atoms with E-state index in [4.69, 9.17) is 5.73 Å². The Hall–Kier alpha value is -3.61. The molecular weight excluding hydrogens is 394 g/mol. The first-order valence-electron chi connectivity index (χ1n) is 10.3. The van der Waals surface area contributed by atoms with Gasteiger partial charge in [-0.3, -0.25) is 9.59 Å². The number of carbonyl (C=O) groups is 2. The van der Waals surface area contributed by atoms with Crippen molar-refractivity contribution in [3.8, 4) is 11.1 Å². The number of aryl methyl sites for hydroxylation is 1. The number of fused-ring (bicyclic) bond motifs is 1. The van der Waals surface area contributed by atoms with Crippen molar-refractivity contribution in [1.29, 1.82) is 0 Å². The Morgan fingerprint density at radius 1 is 1.10 bits per heavy atom. The number of hydrogen-bond donors (Lipinski definition) is 3. The molecule has 0 radical (unpaired) electrons. The Bertz CT molecular complexity index is 1170. The fourth-order valence-electron chi connectivity index (χ4n) is 3.79. The molecule has 2 aromatic carbocycles. The summed E-state index contributed by atoms with van der Waals surface area (Å²) in [5, 5.41) is 12.9. The van der Waals surface area contributed by atoms with Crippen molar-refractivity contribution in [2.45, 2.75) is 39.8 Å². The second kappa shape index (κ2) is 9.47. The molecule has 3 aromatic rings. The first kappa shape index (κ1) is 22.1. The minimum absolute atomic E-state index is 0.00295. The molecule has 3 rings (SSSR count). The Kier molecular flexibility index (Phi) is 6.74. The number of pyridine rings is 1. The molecule has 1 heterocycles. The zero-order chi connectivity index (χ0) is 22.5. The third-order valence-corrected chi connectivity index (χ3v) is 5.12. The first-order valence-corrected chi connectivity index (χ1v) is 10.3. The summed E-state index contributed by atoms with van der Waals surface area (Å²) >= 11 is 0. The summed E-state index contributed by atoms with van der Waals surface area (Å²) in [6.07, 6.45) is -0.473. The number of aromatic nitrogens is 1. The van der Waals surface area contributed by atoms with Crippen molar-refractivity contribution in [2.24, 2.45) is 11.7 Å². The molecule has 0 spiro atoms. The van der Waals surface area contributed by atoms with Gasteiger partial charge in [-0.15, -0.1) is 0 Å². The fraction of sp³-hybridized carbons (Fsp3) is 0.292. The lowest BCUT2D eigenvalue weighted by Gasteiger charge is -2.22. The molecule has 0 bridgehead atoms. The number of carbonyl (C=O) groups excluding carboxylic acids is 1. The number of primary amides is 1. The van der Waals surface area contributed by atoms with Crippen LogP contribution in [0.3, 0.4) is 0 Å². The van der Waals surface area contributed by atoms with Crippen molar-refractivity contribution in [2.75, 3.05) is 0 Å². The van der Waals surface area contributed by atoms with E-state index in [1.807, 2.05) is 56.3 Å². The predicted molar refractivity (Wildman–Crippen MR) is 121 cm³/mol. The van der Waals surface area contributed by atoms with E-state index in [0.717, 1.165) is 22.1 Å². The number of nitrogens with zero attached hydrogens (tertiary/aromatic N) is 1. The number of nitrogens with one attached hydrogen (secondary N) is 1. The van der Waals surface area contributed by atoms with Crippen molar-refractivity contribution in [3.05, 3.63) is 70.1 Å². The quantitative estimate of drug-likeness (QED) is 0.516. The maximum absolute atomic E-state index is 13.4. The van der Waals surface area contributed by atoms with Crippen LogP contribution in [0.15, 0.2) is 53.3 Å². The second-order valence-corrected chi connectivity index (χ2v) is 8.00. The highest BCUT2D eigenvalue weighted by Gasteiger charge is 2.19. The van der Waals surface area contributed by atoms with Crippen LogP contribution in [0.2, 0.25) is 0 Å². The van der Waals surface area contributed by atoms with Gasteiger partial charge in [0.05, 0.1) is 6.54 Å². The van der Waals surface area contributed by atoms with E-state index in [9.17, 15) is 19.5 Å². The van der Waals surface area contributed by atoms with Gasteiger partial charge < -0.3 is 20.7 Å². The third kappa shape index (κ3) is 5.12. The molecular formula is C24H27N3O4. The average Bonchev–Trinajstić information content (AvgIpc) is 2.73. The van der Waals surface area contributed by atoms with Crippen LogP contribution in [-0.4, -0.2) is 21.7 Å². The lowest BCUT2D eigenvalue weighted by Crippen LogP contribution is -2.31. The van der Waals surface area contributed by atoms with Crippen LogP contribution in [0.4, 0.5) is 4.79 Å². The van der Waals surface area contributed by atoms with Crippen LogP contribution in [0, 0.1) is 5.92 Å². The van der Waals surface area contributed by atoms with Gasteiger partial charge in [0.2, 0.25) is 5.91 Å². The number of carboxylic acid groups (broad SMARTS) is 1. The summed E-state index contributed by atoms with van der Waals surface area (Å²) in [5.41, 5.74) is 8.35. The number of hydrogen-bond acceptors (Lipinski definition) is 3. The number of rotatable bonds is 8. The highest BCUT2D eigenvalue weighted by atomic mass is 16.4. The Labute approximate surface area is 180 Å². The smallest absolute Gasteiger partial charge is 0.404 e. The molecule has 4 N–H and O–H groups in total. The van der Waals surface area contributed by atoms with Gasteiger partial charge in [0.15, 0.2) is 0 Å². The van der Waals surface area contributed by atoms with Crippen molar-refractivity contribution < 1.29 is 14.7 Å². The van der Waals surface area contributed by atoms with Gasteiger partial charge >= 0.3 is 6.09 Å².